The van der Waals surface area contributed by atoms with Crippen LogP contribution in [0.25, 0.3) is 0 Å². The highest BCUT2D eigenvalue weighted by Gasteiger charge is 2.09. The Labute approximate surface area is 151 Å². The van der Waals surface area contributed by atoms with E-state index in [1.165, 1.54) is 0 Å². The zero-order valence-corrected chi connectivity index (χ0v) is 14.5. The number of furan rings is 1. The number of ether oxygens (including phenoxy) is 2. The standard InChI is InChI=1S/C19H19N3O4/c1-24-16-6-5-14(11-17(16)25-2)22-18-10-13(7-8-20-18)19(23)21-12-15-4-3-9-26-15/h3-11H,12H2,1-2H3,(H,20,22)(H,21,23). The summed E-state index contributed by atoms with van der Waals surface area (Å²) in [5.41, 5.74) is 1.26. The van der Waals surface area contributed by atoms with Crippen LogP contribution in [0.1, 0.15) is 16.1 Å². The third-order valence-corrected chi connectivity index (χ3v) is 3.68. The first kappa shape index (κ1) is 17.3. The summed E-state index contributed by atoms with van der Waals surface area (Å²) in [5, 5.41) is 5.95. The van der Waals surface area contributed by atoms with Crippen molar-refractivity contribution < 1.29 is 18.7 Å². The quantitative estimate of drug-likeness (QED) is 0.677. The second kappa shape index (κ2) is 8.06. The molecule has 0 bridgehead atoms. The van der Waals surface area contributed by atoms with Crippen LogP contribution in [-0.2, 0) is 6.54 Å². The van der Waals surface area contributed by atoms with Crippen molar-refractivity contribution in [1.82, 2.24) is 10.3 Å². The number of carbonyl (C=O) groups excluding carboxylic acids is 1. The number of benzene rings is 1. The Kier molecular flexibility index (Phi) is 5.38. The average Bonchev–Trinajstić information content (AvgIpc) is 3.20. The van der Waals surface area contributed by atoms with Gasteiger partial charge in [-0.1, -0.05) is 0 Å². The first-order chi connectivity index (χ1) is 12.7. The molecule has 0 unspecified atom stereocenters. The zero-order valence-electron chi connectivity index (χ0n) is 14.5. The molecule has 3 aromatic rings. The van der Waals surface area contributed by atoms with Gasteiger partial charge in [0.1, 0.15) is 11.6 Å². The van der Waals surface area contributed by atoms with Gasteiger partial charge in [0.05, 0.1) is 27.0 Å². The average molecular weight is 353 g/mol. The molecule has 0 radical (unpaired) electrons. The van der Waals surface area contributed by atoms with Gasteiger partial charge in [-0.05, 0) is 36.4 Å². The van der Waals surface area contributed by atoms with Crippen LogP contribution in [0.5, 0.6) is 11.5 Å². The Hall–Kier alpha value is -3.48. The summed E-state index contributed by atoms with van der Waals surface area (Å²) >= 11 is 0. The minimum Gasteiger partial charge on any atom is -0.493 e. The molecule has 7 nitrogen and oxygen atoms in total. The summed E-state index contributed by atoms with van der Waals surface area (Å²) in [6.45, 7) is 0.326. The first-order valence-corrected chi connectivity index (χ1v) is 7.95. The van der Waals surface area contributed by atoms with E-state index in [1.807, 2.05) is 6.07 Å². The molecule has 0 aliphatic rings. The van der Waals surface area contributed by atoms with Gasteiger partial charge in [-0.25, -0.2) is 4.98 Å². The van der Waals surface area contributed by atoms with Crippen molar-refractivity contribution in [3.8, 4) is 11.5 Å². The van der Waals surface area contributed by atoms with Gasteiger partial charge >= 0.3 is 0 Å². The molecule has 2 aromatic heterocycles. The highest BCUT2D eigenvalue weighted by Crippen LogP contribution is 2.30. The van der Waals surface area contributed by atoms with E-state index in [0.717, 1.165) is 5.69 Å². The molecule has 3 rings (SSSR count). The lowest BCUT2D eigenvalue weighted by Crippen LogP contribution is -2.22. The molecule has 0 aliphatic heterocycles. The van der Waals surface area contributed by atoms with E-state index in [2.05, 4.69) is 15.6 Å². The zero-order chi connectivity index (χ0) is 18.4. The fraction of sp³-hybridized carbons (Fsp3) is 0.158. The van der Waals surface area contributed by atoms with E-state index in [1.54, 1.807) is 63.1 Å². The summed E-state index contributed by atoms with van der Waals surface area (Å²) in [7, 11) is 3.15. The lowest BCUT2D eigenvalue weighted by molar-refractivity contribution is 0.0948. The normalized spacial score (nSPS) is 10.2. The van der Waals surface area contributed by atoms with E-state index in [-0.39, 0.29) is 5.91 Å². The van der Waals surface area contributed by atoms with Crippen LogP contribution < -0.4 is 20.1 Å². The Morgan fingerprint density at radius 3 is 2.69 bits per heavy atom. The molecule has 7 heteroatoms. The van der Waals surface area contributed by atoms with Crippen molar-refractivity contribution in [2.45, 2.75) is 6.54 Å². The van der Waals surface area contributed by atoms with Crippen LogP contribution in [0.2, 0.25) is 0 Å². The molecule has 0 spiro atoms. The van der Waals surface area contributed by atoms with Crippen molar-refractivity contribution in [2.75, 3.05) is 19.5 Å². The molecule has 0 fully saturated rings. The Bertz CT molecular complexity index is 878. The number of carbonyl (C=O) groups is 1. The van der Waals surface area contributed by atoms with Crippen molar-refractivity contribution in [3.63, 3.8) is 0 Å². The third-order valence-electron chi connectivity index (χ3n) is 3.68. The maximum absolute atomic E-state index is 12.3. The summed E-state index contributed by atoms with van der Waals surface area (Å²) in [6.07, 6.45) is 3.14. The minimum absolute atomic E-state index is 0.209. The van der Waals surface area contributed by atoms with Crippen molar-refractivity contribution in [3.05, 3.63) is 66.2 Å². The molecule has 1 aromatic carbocycles. The Balaban J connectivity index is 1.70. The second-order valence-electron chi connectivity index (χ2n) is 5.39. The van der Waals surface area contributed by atoms with Gasteiger partial charge in [0.2, 0.25) is 0 Å². The van der Waals surface area contributed by atoms with Crippen LogP contribution in [-0.4, -0.2) is 25.1 Å². The molecule has 26 heavy (non-hydrogen) atoms. The maximum atomic E-state index is 12.3. The number of rotatable bonds is 7. The molecular formula is C19H19N3O4. The lowest BCUT2D eigenvalue weighted by Gasteiger charge is -2.11. The van der Waals surface area contributed by atoms with Gasteiger partial charge in [-0.3, -0.25) is 4.79 Å². The Morgan fingerprint density at radius 1 is 1.12 bits per heavy atom. The number of aromatic nitrogens is 1. The molecule has 0 saturated carbocycles. The SMILES string of the molecule is COc1ccc(Nc2cc(C(=O)NCc3ccco3)ccn2)cc1OC. The van der Waals surface area contributed by atoms with Gasteiger partial charge in [-0.15, -0.1) is 0 Å². The number of amides is 1. The lowest BCUT2D eigenvalue weighted by atomic mass is 10.2. The fourth-order valence-electron chi connectivity index (χ4n) is 2.38. The van der Waals surface area contributed by atoms with Crippen molar-refractivity contribution in [1.29, 1.82) is 0 Å². The molecular weight excluding hydrogens is 334 g/mol. The topological polar surface area (TPSA) is 85.6 Å². The minimum atomic E-state index is -0.209. The smallest absolute Gasteiger partial charge is 0.251 e. The molecule has 0 aliphatic carbocycles. The summed E-state index contributed by atoms with van der Waals surface area (Å²) < 4.78 is 15.7. The van der Waals surface area contributed by atoms with E-state index in [4.69, 9.17) is 13.9 Å². The molecule has 1 amide bonds. The monoisotopic (exact) mass is 353 g/mol. The largest absolute Gasteiger partial charge is 0.493 e. The van der Waals surface area contributed by atoms with Crippen molar-refractivity contribution >= 4 is 17.4 Å². The Morgan fingerprint density at radius 2 is 1.96 bits per heavy atom. The second-order valence-corrected chi connectivity index (χ2v) is 5.39. The van der Waals surface area contributed by atoms with E-state index < -0.39 is 0 Å². The number of pyridine rings is 1. The van der Waals surface area contributed by atoms with E-state index >= 15 is 0 Å². The van der Waals surface area contributed by atoms with Crippen LogP contribution in [0.15, 0.2) is 59.3 Å². The number of hydrogen-bond acceptors (Lipinski definition) is 6. The molecule has 0 saturated heterocycles. The summed E-state index contributed by atoms with van der Waals surface area (Å²) in [5.74, 6) is 2.26. The van der Waals surface area contributed by atoms with Gasteiger partial charge in [-0.2, -0.15) is 0 Å². The number of nitrogens with one attached hydrogen (secondary N) is 2. The third kappa shape index (κ3) is 4.13. The molecule has 2 N–H and O–H groups in total. The van der Waals surface area contributed by atoms with Gasteiger partial charge < -0.3 is 24.5 Å². The van der Waals surface area contributed by atoms with Crippen LogP contribution in [0.3, 0.4) is 0 Å². The first-order valence-electron chi connectivity index (χ1n) is 7.95. The summed E-state index contributed by atoms with van der Waals surface area (Å²) in [4.78, 5) is 16.5. The maximum Gasteiger partial charge on any atom is 0.251 e. The van der Waals surface area contributed by atoms with Gasteiger partial charge in [0.25, 0.3) is 5.91 Å². The van der Waals surface area contributed by atoms with Crippen LogP contribution >= 0.6 is 0 Å². The van der Waals surface area contributed by atoms with Gasteiger partial charge in [0.15, 0.2) is 11.5 Å². The van der Waals surface area contributed by atoms with Crippen LogP contribution in [0.4, 0.5) is 11.5 Å². The molecule has 134 valence electrons. The predicted octanol–water partition coefficient (Wildman–Crippen LogP) is 3.37. The number of hydrogen-bond donors (Lipinski definition) is 2. The highest BCUT2D eigenvalue weighted by molar-refractivity contribution is 5.94. The summed E-state index contributed by atoms with van der Waals surface area (Å²) in [6, 6.07) is 12.3. The van der Waals surface area contributed by atoms with E-state index in [9.17, 15) is 4.79 Å². The molecule has 0 atom stereocenters. The van der Waals surface area contributed by atoms with Crippen LogP contribution in [0, 0.1) is 0 Å². The number of methoxy groups -OCH3 is 2. The molecule has 2 heterocycles. The highest BCUT2D eigenvalue weighted by atomic mass is 16.5. The number of anilines is 2. The number of nitrogens with zero attached hydrogens (tertiary/aromatic N) is 1. The fourth-order valence-corrected chi connectivity index (χ4v) is 2.38. The predicted molar refractivity (Wildman–Crippen MR) is 96.9 cm³/mol. The van der Waals surface area contributed by atoms with E-state index in [0.29, 0.717) is 35.2 Å². The van der Waals surface area contributed by atoms with Gasteiger partial charge in [0, 0.05) is 23.5 Å². The van der Waals surface area contributed by atoms with Crippen molar-refractivity contribution in [2.24, 2.45) is 0 Å².